The summed E-state index contributed by atoms with van der Waals surface area (Å²) in [6.45, 7) is 1.26. The second kappa shape index (κ2) is 7.15. The molecule has 2 aromatic carbocycles. The highest BCUT2D eigenvalue weighted by molar-refractivity contribution is 5.95. The molecule has 1 amide bonds. The molecule has 27 heavy (non-hydrogen) atoms. The second-order valence-electron chi connectivity index (χ2n) is 6.65. The van der Waals surface area contributed by atoms with Crippen LogP contribution >= 0.6 is 0 Å². The van der Waals surface area contributed by atoms with Crippen LogP contribution < -0.4 is 4.74 Å². The monoisotopic (exact) mass is 363 g/mol. The summed E-state index contributed by atoms with van der Waals surface area (Å²) in [5, 5.41) is 14.5. The molecule has 1 unspecified atom stereocenters. The van der Waals surface area contributed by atoms with E-state index < -0.39 is 0 Å². The number of para-hydroxylation sites is 1. The Hall–Kier alpha value is -3.28. The number of amides is 1. The number of hydrogen-bond acceptors (Lipinski definition) is 4. The molecule has 3 aromatic rings. The van der Waals surface area contributed by atoms with Gasteiger partial charge in [-0.25, -0.2) is 4.68 Å². The van der Waals surface area contributed by atoms with Crippen LogP contribution in [0.4, 0.5) is 0 Å². The maximum Gasteiger partial charge on any atom is 0.278 e. The van der Waals surface area contributed by atoms with Gasteiger partial charge in [-0.2, -0.15) is 5.10 Å². The SMILES string of the molecule is COc1ccc(C2CCN(C(=O)c3nn(-c4ccccc4)cc3O)C2)cc1. The number of aromatic hydroxyl groups is 1. The number of likely N-dealkylation sites (tertiary alicyclic amines) is 1. The fourth-order valence-corrected chi connectivity index (χ4v) is 3.47. The van der Waals surface area contributed by atoms with E-state index in [0.29, 0.717) is 13.1 Å². The molecule has 0 saturated carbocycles. The van der Waals surface area contributed by atoms with Gasteiger partial charge in [-0.1, -0.05) is 30.3 Å². The summed E-state index contributed by atoms with van der Waals surface area (Å²) < 4.78 is 6.73. The lowest BCUT2D eigenvalue weighted by Crippen LogP contribution is -2.29. The molecule has 6 heteroatoms. The van der Waals surface area contributed by atoms with Gasteiger partial charge in [0.05, 0.1) is 19.0 Å². The Bertz CT molecular complexity index is 935. The number of methoxy groups -OCH3 is 1. The molecule has 1 saturated heterocycles. The van der Waals surface area contributed by atoms with E-state index in [1.54, 1.807) is 12.0 Å². The number of nitrogens with zero attached hydrogens (tertiary/aromatic N) is 3. The third-order valence-electron chi connectivity index (χ3n) is 4.98. The fraction of sp³-hybridized carbons (Fsp3) is 0.238. The highest BCUT2D eigenvalue weighted by atomic mass is 16.5. The molecular formula is C21H21N3O3. The van der Waals surface area contributed by atoms with Crippen molar-refractivity contribution >= 4 is 5.91 Å². The standard InChI is InChI=1S/C21H21N3O3/c1-27-18-9-7-15(8-10-18)16-11-12-23(13-16)21(26)20-19(25)14-24(22-20)17-5-3-2-4-6-17/h2-10,14,16,25H,11-13H2,1H3. The topological polar surface area (TPSA) is 67.6 Å². The molecule has 0 aliphatic carbocycles. The van der Waals surface area contributed by atoms with Gasteiger partial charge in [0.15, 0.2) is 11.4 Å². The molecule has 6 nitrogen and oxygen atoms in total. The minimum absolute atomic E-state index is 0.0919. The third-order valence-corrected chi connectivity index (χ3v) is 4.98. The van der Waals surface area contributed by atoms with Gasteiger partial charge in [-0.3, -0.25) is 4.79 Å². The highest BCUT2D eigenvalue weighted by Gasteiger charge is 2.31. The van der Waals surface area contributed by atoms with Crippen molar-refractivity contribution in [1.82, 2.24) is 14.7 Å². The molecule has 4 rings (SSSR count). The molecule has 1 aliphatic rings. The Labute approximate surface area is 157 Å². The van der Waals surface area contributed by atoms with Gasteiger partial charge in [0.2, 0.25) is 0 Å². The third kappa shape index (κ3) is 3.38. The zero-order valence-corrected chi connectivity index (χ0v) is 15.1. The van der Waals surface area contributed by atoms with Gasteiger partial charge in [-0.15, -0.1) is 0 Å². The van der Waals surface area contributed by atoms with Crippen molar-refractivity contribution < 1.29 is 14.6 Å². The Balaban J connectivity index is 1.50. The van der Waals surface area contributed by atoms with Crippen LogP contribution in [0.2, 0.25) is 0 Å². The van der Waals surface area contributed by atoms with Gasteiger partial charge >= 0.3 is 0 Å². The first-order chi connectivity index (χ1) is 13.2. The lowest BCUT2D eigenvalue weighted by Gasteiger charge is -2.15. The molecule has 0 bridgehead atoms. The van der Waals surface area contributed by atoms with Gasteiger partial charge in [0.1, 0.15) is 5.75 Å². The molecule has 1 aromatic heterocycles. The molecule has 138 valence electrons. The number of carbonyl (C=O) groups is 1. The summed E-state index contributed by atoms with van der Waals surface area (Å²) in [7, 11) is 1.64. The van der Waals surface area contributed by atoms with Gasteiger partial charge in [-0.05, 0) is 36.2 Å². The highest BCUT2D eigenvalue weighted by Crippen LogP contribution is 2.30. The maximum absolute atomic E-state index is 12.9. The fourth-order valence-electron chi connectivity index (χ4n) is 3.47. The summed E-state index contributed by atoms with van der Waals surface area (Å²) in [4.78, 5) is 14.6. The van der Waals surface area contributed by atoms with Crippen molar-refractivity contribution in [3.63, 3.8) is 0 Å². The van der Waals surface area contributed by atoms with Crippen LogP contribution in [0.25, 0.3) is 5.69 Å². The van der Waals surface area contributed by atoms with Gasteiger partial charge in [0, 0.05) is 19.0 Å². The lowest BCUT2D eigenvalue weighted by molar-refractivity contribution is 0.0781. The maximum atomic E-state index is 12.9. The van der Waals surface area contributed by atoms with Crippen molar-refractivity contribution in [2.75, 3.05) is 20.2 Å². The van der Waals surface area contributed by atoms with Crippen LogP contribution in [0, 0.1) is 0 Å². The van der Waals surface area contributed by atoms with E-state index in [1.807, 2.05) is 54.6 Å². The van der Waals surface area contributed by atoms with Crippen molar-refractivity contribution in [1.29, 1.82) is 0 Å². The zero-order chi connectivity index (χ0) is 18.8. The van der Waals surface area contributed by atoms with Gasteiger partial charge in [0.25, 0.3) is 5.91 Å². The van der Waals surface area contributed by atoms with Crippen LogP contribution in [-0.2, 0) is 0 Å². The first kappa shape index (κ1) is 17.1. The van der Waals surface area contributed by atoms with Crippen LogP contribution in [0.15, 0.2) is 60.8 Å². The van der Waals surface area contributed by atoms with E-state index in [-0.39, 0.29) is 23.3 Å². The van der Waals surface area contributed by atoms with Crippen LogP contribution in [-0.4, -0.2) is 45.9 Å². The normalized spacial score (nSPS) is 16.5. The Morgan fingerprint density at radius 1 is 1.15 bits per heavy atom. The van der Waals surface area contributed by atoms with Crippen LogP contribution in [0.3, 0.4) is 0 Å². The first-order valence-electron chi connectivity index (χ1n) is 8.93. The predicted octanol–water partition coefficient (Wildman–Crippen LogP) is 3.22. The summed E-state index contributed by atoms with van der Waals surface area (Å²) in [6.07, 6.45) is 2.36. The molecule has 0 radical (unpaired) electrons. The van der Waals surface area contributed by atoms with Crippen molar-refractivity contribution in [3.8, 4) is 17.2 Å². The second-order valence-corrected chi connectivity index (χ2v) is 6.65. The summed E-state index contributed by atoms with van der Waals surface area (Å²) in [5.74, 6) is 0.759. The average Bonchev–Trinajstić information content (AvgIpc) is 3.35. The summed E-state index contributed by atoms with van der Waals surface area (Å²) in [6, 6.07) is 17.4. The minimum Gasteiger partial charge on any atom is -0.504 e. The molecule has 1 aliphatic heterocycles. The number of carbonyl (C=O) groups excluding carboxylic acids is 1. The smallest absolute Gasteiger partial charge is 0.278 e. The van der Waals surface area contributed by atoms with E-state index in [1.165, 1.54) is 16.4 Å². The molecule has 1 fully saturated rings. The first-order valence-corrected chi connectivity index (χ1v) is 8.93. The minimum atomic E-state index is -0.238. The summed E-state index contributed by atoms with van der Waals surface area (Å²) >= 11 is 0. The Kier molecular flexibility index (Phi) is 4.54. The number of hydrogen-bond donors (Lipinski definition) is 1. The molecular weight excluding hydrogens is 342 g/mol. The van der Waals surface area contributed by atoms with Gasteiger partial charge < -0.3 is 14.7 Å². The largest absolute Gasteiger partial charge is 0.504 e. The number of benzene rings is 2. The van der Waals surface area contributed by atoms with Crippen LogP contribution in [0.5, 0.6) is 11.5 Å². The van der Waals surface area contributed by atoms with Crippen molar-refractivity contribution in [2.24, 2.45) is 0 Å². The average molecular weight is 363 g/mol. The van der Waals surface area contributed by atoms with E-state index in [2.05, 4.69) is 5.10 Å². The van der Waals surface area contributed by atoms with E-state index in [9.17, 15) is 9.90 Å². The number of rotatable bonds is 4. The predicted molar refractivity (Wildman–Crippen MR) is 101 cm³/mol. The number of ether oxygens (including phenoxy) is 1. The van der Waals surface area contributed by atoms with Crippen molar-refractivity contribution in [3.05, 3.63) is 72.1 Å². The van der Waals surface area contributed by atoms with E-state index in [4.69, 9.17) is 4.74 Å². The van der Waals surface area contributed by atoms with Crippen LogP contribution in [0.1, 0.15) is 28.4 Å². The molecule has 1 atom stereocenters. The number of aromatic nitrogens is 2. The Morgan fingerprint density at radius 3 is 2.59 bits per heavy atom. The van der Waals surface area contributed by atoms with E-state index >= 15 is 0 Å². The Morgan fingerprint density at radius 2 is 1.89 bits per heavy atom. The molecule has 0 spiro atoms. The van der Waals surface area contributed by atoms with Crippen molar-refractivity contribution in [2.45, 2.75) is 12.3 Å². The quantitative estimate of drug-likeness (QED) is 0.773. The lowest BCUT2D eigenvalue weighted by atomic mass is 9.98. The summed E-state index contributed by atoms with van der Waals surface area (Å²) in [5.41, 5.74) is 2.07. The molecule has 2 heterocycles. The zero-order valence-electron chi connectivity index (χ0n) is 15.1. The molecule has 1 N–H and O–H groups in total. The van der Waals surface area contributed by atoms with E-state index in [0.717, 1.165) is 17.9 Å².